The molecule has 0 radical (unpaired) electrons. The third kappa shape index (κ3) is 3.00. The average Bonchev–Trinajstić information content (AvgIpc) is 3.16. The number of benzene rings is 1. The lowest BCUT2D eigenvalue weighted by Gasteiger charge is -2.24. The fourth-order valence-corrected chi connectivity index (χ4v) is 3.80. The number of aliphatic carboxylic acids is 1. The lowest BCUT2D eigenvalue weighted by atomic mass is 9.89. The molecule has 7 nitrogen and oxygen atoms in total. The van der Waals surface area contributed by atoms with E-state index < -0.39 is 41.5 Å². The molecular formula is C19H19NO6. The summed E-state index contributed by atoms with van der Waals surface area (Å²) in [5, 5.41) is 9.41. The molecule has 26 heavy (non-hydrogen) atoms. The third-order valence-electron chi connectivity index (χ3n) is 5.02. The van der Waals surface area contributed by atoms with Gasteiger partial charge in [-0.25, -0.2) is 0 Å². The Bertz CT molecular complexity index is 751. The molecule has 0 saturated heterocycles. The van der Waals surface area contributed by atoms with Crippen LogP contribution in [0.3, 0.4) is 0 Å². The molecule has 3 atom stereocenters. The number of carbonyl (C=O) groups excluding carboxylic acids is 3. The molecule has 1 fully saturated rings. The number of hydrogen-bond acceptors (Lipinski definition) is 5. The maximum Gasteiger partial charge on any atom is 0.310 e. The predicted octanol–water partition coefficient (Wildman–Crippen LogP) is 1.74. The number of hydrogen-bond donors (Lipinski definition) is 1. The van der Waals surface area contributed by atoms with E-state index in [1.165, 1.54) is 6.08 Å². The molecule has 136 valence electrons. The Morgan fingerprint density at radius 3 is 2.35 bits per heavy atom. The average molecular weight is 357 g/mol. The van der Waals surface area contributed by atoms with Gasteiger partial charge in [0, 0.05) is 6.54 Å². The number of rotatable bonds is 6. The van der Waals surface area contributed by atoms with Crippen molar-refractivity contribution >= 4 is 23.8 Å². The maximum atomic E-state index is 12.5. The van der Waals surface area contributed by atoms with Crippen molar-refractivity contribution < 1.29 is 29.0 Å². The highest BCUT2D eigenvalue weighted by Crippen LogP contribution is 2.40. The summed E-state index contributed by atoms with van der Waals surface area (Å²) in [5.74, 6) is -4.75. The molecular weight excluding hydrogens is 338 g/mol. The van der Waals surface area contributed by atoms with Crippen molar-refractivity contribution in [3.05, 3.63) is 48.0 Å². The number of fused-ring (bicyclic) bond motifs is 1. The topological polar surface area (TPSA) is 101 Å². The smallest absolute Gasteiger partial charge is 0.310 e. The van der Waals surface area contributed by atoms with Crippen LogP contribution in [0.5, 0.6) is 0 Å². The summed E-state index contributed by atoms with van der Waals surface area (Å²) in [6.07, 6.45) is 2.14. The first kappa shape index (κ1) is 17.8. The molecule has 1 aliphatic carbocycles. The zero-order valence-corrected chi connectivity index (χ0v) is 14.1. The van der Waals surface area contributed by atoms with Crippen LogP contribution in [0.2, 0.25) is 0 Å². The van der Waals surface area contributed by atoms with E-state index in [0.29, 0.717) is 24.0 Å². The van der Waals surface area contributed by atoms with Crippen LogP contribution < -0.4 is 0 Å². The molecule has 1 saturated carbocycles. The molecule has 1 aliphatic heterocycles. The zero-order chi connectivity index (χ0) is 18.8. The highest BCUT2D eigenvalue weighted by Gasteiger charge is 2.48. The van der Waals surface area contributed by atoms with Gasteiger partial charge in [0.15, 0.2) is 0 Å². The number of carboxylic acids is 1. The molecule has 3 unspecified atom stereocenters. The number of carbonyl (C=O) groups is 4. The van der Waals surface area contributed by atoms with E-state index in [-0.39, 0.29) is 13.2 Å². The Morgan fingerprint density at radius 2 is 1.81 bits per heavy atom. The van der Waals surface area contributed by atoms with Gasteiger partial charge < -0.3 is 9.84 Å². The second kappa shape index (κ2) is 7.11. The van der Waals surface area contributed by atoms with Crippen LogP contribution in [-0.2, 0) is 14.3 Å². The Balaban J connectivity index is 1.81. The molecule has 1 aromatic rings. The minimum atomic E-state index is -1.07. The van der Waals surface area contributed by atoms with Gasteiger partial charge in [-0.2, -0.15) is 0 Å². The summed E-state index contributed by atoms with van der Waals surface area (Å²) >= 11 is 0. The SMILES string of the molecule is C=CCOC(=O)C1C(CN2C(=O)c3ccccc3C2=O)CCC1C(=O)O. The van der Waals surface area contributed by atoms with E-state index >= 15 is 0 Å². The van der Waals surface area contributed by atoms with Crippen molar-refractivity contribution in [1.82, 2.24) is 4.90 Å². The highest BCUT2D eigenvalue weighted by atomic mass is 16.5. The minimum Gasteiger partial charge on any atom is -0.481 e. The molecule has 2 aliphatic rings. The van der Waals surface area contributed by atoms with Crippen LogP contribution >= 0.6 is 0 Å². The number of esters is 1. The van der Waals surface area contributed by atoms with E-state index in [9.17, 15) is 24.3 Å². The second-order valence-corrected chi connectivity index (χ2v) is 6.49. The van der Waals surface area contributed by atoms with Gasteiger partial charge >= 0.3 is 11.9 Å². The highest BCUT2D eigenvalue weighted by molar-refractivity contribution is 6.21. The van der Waals surface area contributed by atoms with Gasteiger partial charge in [0.05, 0.1) is 23.0 Å². The Hall–Kier alpha value is -2.96. The predicted molar refractivity (Wildman–Crippen MR) is 90.3 cm³/mol. The zero-order valence-electron chi connectivity index (χ0n) is 14.1. The number of imide groups is 1. The number of nitrogens with zero attached hydrogens (tertiary/aromatic N) is 1. The standard InChI is InChI=1S/C19H19NO6/c1-2-9-26-19(25)15-11(7-8-14(15)18(23)24)10-20-16(21)12-5-3-4-6-13(12)17(20)22/h2-6,11,14-15H,1,7-10H2,(H,23,24). The summed E-state index contributed by atoms with van der Waals surface area (Å²) < 4.78 is 5.06. The van der Waals surface area contributed by atoms with Crippen LogP contribution in [0.25, 0.3) is 0 Å². The van der Waals surface area contributed by atoms with E-state index in [0.717, 1.165) is 4.90 Å². The quantitative estimate of drug-likeness (QED) is 0.473. The Kier molecular flexibility index (Phi) is 4.88. The van der Waals surface area contributed by atoms with E-state index in [1.807, 2.05) is 0 Å². The number of carboxylic acid groups (broad SMARTS) is 1. The lowest BCUT2D eigenvalue weighted by molar-refractivity contribution is -0.157. The monoisotopic (exact) mass is 357 g/mol. The molecule has 1 aromatic carbocycles. The summed E-state index contributed by atoms with van der Waals surface area (Å²) in [4.78, 5) is 50.0. The fourth-order valence-electron chi connectivity index (χ4n) is 3.80. The Morgan fingerprint density at radius 1 is 1.19 bits per heavy atom. The molecule has 3 rings (SSSR count). The molecule has 1 heterocycles. The van der Waals surface area contributed by atoms with E-state index in [1.54, 1.807) is 24.3 Å². The van der Waals surface area contributed by atoms with Gasteiger partial charge in [-0.05, 0) is 30.9 Å². The van der Waals surface area contributed by atoms with Crippen LogP contribution in [0.15, 0.2) is 36.9 Å². The summed E-state index contributed by atoms with van der Waals surface area (Å²) in [6.45, 7) is 3.46. The largest absolute Gasteiger partial charge is 0.481 e. The van der Waals surface area contributed by atoms with Gasteiger partial charge in [-0.1, -0.05) is 24.8 Å². The van der Waals surface area contributed by atoms with Crippen molar-refractivity contribution in [3.63, 3.8) is 0 Å². The van der Waals surface area contributed by atoms with Crippen LogP contribution in [0.4, 0.5) is 0 Å². The summed E-state index contributed by atoms with van der Waals surface area (Å²) in [6, 6.07) is 6.53. The first-order valence-electron chi connectivity index (χ1n) is 8.41. The maximum absolute atomic E-state index is 12.5. The molecule has 0 bridgehead atoms. The van der Waals surface area contributed by atoms with Gasteiger partial charge in [0.25, 0.3) is 11.8 Å². The molecule has 0 aromatic heterocycles. The van der Waals surface area contributed by atoms with Crippen molar-refractivity contribution in [2.75, 3.05) is 13.2 Å². The van der Waals surface area contributed by atoms with Gasteiger partial charge in [-0.15, -0.1) is 0 Å². The van der Waals surface area contributed by atoms with Crippen molar-refractivity contribution in [2.24, 2.45) is 17.8 Å². The molecule has 2 amide bonds. The fraction of sp³-hybridized carbons (Fsp3) is 0.368. The van der Waals surface area contributed by atoms with Crippen LogP contribution in [-0.4, -0.2) is 46.9 Å². The number of amides is 2. The van der Waals surface area contributed by atoms with Gasteiger partial charge in [-0.3, -0.25) is 24.1 Å². The van der Waals surface area contributed by atoms with Crippen LogP contribution in [0, 0.1) is 17.8 Å². The second-order valence-electron chi connectivity index (χ2n) is 6.49. The van der Waals surface area contributed by atoms with Crippen molar-refractivity contribution in [2.45, 2.75) is 12.8 Å². The number of ether oxygens (including phenoxy) is 1. The van der Waals surface area contributed by atoms with E-state index in [2.05, 4.69) is 6.58 Å². The first-order valence-corrected chi connectivity index (χ1v) is 8.41. The normalized spacial score (nSPS) is 24.5. The minimum absolute atomic E-state index is 0.00395. The first-order chi connectivity index (χ1) is 12.5. The Labute approximate surface area is 150 Å². The molecule has 7 heteroatoms. The van der Waals surface area contributed by atoms with Crippen LogP contribution in [0.1, 0.15) is 33.6 Å². The summed E-state index contributed by atoms with van der Waals surface area (Å²) in [5.41, 5.74) is 0.659. The third-order valence-corrected chi connectivity index (χ3v) is 5.02. The summed E-state index contributed by atoms with van der Waals surface area (Å²) in [7, 11) is 0. The molecule has 1 N–H and O–H groups in total. The molecule has 0 spiro atoms. The van der Waals surface area contributed by atoms with Gasteiger partial charge in [0.2, 0.25) is 0 Å². The lowest BCUT2D eigenvalue weighted by Crippen LogP contribution is -2.39. The van der Waals surface area contributed by atoms with Gasteiger partial charge in [0.1, 0.15) is 6.61 Å². The van der Waals surface area contributed by atoms with E-state index in [4.69, 9.17) is 4.74 Å². The van der Waals surface area contributed by atoms with Crippen molar-refractivity contribution in [1.29, 1.82) is 0 Å². The van der Waals surface area contributed by atoms with Crippen molar-refractivity contribution in [3.8, 4) is 0 Å².